The van der Waals surface area contributed by atoms with Gasteiger partial charge in [-0.3, -0.25) is 4.79 Å². The molecule has 0 spiro atoms. The molecule has 1 aromatic carbocycles. The molecule has 3 aromatic rings. The zero-order valence-electron chi connectivity index (χ0n) is 16.1. The van der Waals surface area contributed by atoms with E-state index in [1.165, 1.54) is 0 Å². The third-order valence-corrected chi connectivity index (χ3v) is 6.78. The van der Waals surface area contributed by atoms with Crippen molar-refractivity contribution in [3.05, 3.63) is 58.4 Å². The van der Waals surface area contributed by atoms with Crippen LogP contribution in [0.5, 0.6) is 0 Å². The Bertz CT molecular complexity index is 983. The van der Waals surface area contributed by atoms with Crippen molar-refractivity contribution in [3.63, 3.8) is 0 Å². The summed E-state index contributed by atoms with van der Waals surface area (Å²) in [5, 5.41) is 10.8. The minimum atomic E-state index is -0.448. The predicted molar refractivity (Wildman–Crippen MR) is 117 cm³/mol. The number of nitrogens with one attached hydrogen (secondary N) is 2. The number of rotatable bonds is 5. The number of carbonyl (C=O) groups is 2. The summed E-state index contributed by atoms with van der Waals surface area (Å²) >= 11 is 3.22. The van der Waals surface area contributed by atoms with Crippen LogP contribution in [0.2, 0.25) is 0 Å². The van der Waals surface area contributed by atoms with Gasteiger partial charge in [0.05, 0.1) is 17.1 Å². The minimum Gasteiger partial charge on any atom is -0.349 e. The molecule has 1 saturated heterocycles. The van der Waals surface area contributed by atoms with Crippen LogP contribution in [0.4, 0.5) is 10.5 Å². The molecule has 2 aromatic heterocycles. The van der Waals surface area contributed by atoms with E-state index in [9.17, 15) is 9.59 Å². The van der Waals surface area contributed by atoms with E-state index in [2.05, 4.69) is 15.6 Å². The lowest BCUT2D eigenvalue weighted by Gasteiger charge is -2.24. The molecule has 0 bridgehead atoms. The van der Waals surface area contributed by atoms with Gasteiger partial charge in [0.25, 0.3) is 0 Å². The molecule has 8 heteroatoms. The Kier molecular flexibility index (Phi) is 5.92. The largest absolute Gasteiger partial charge is 0.349 e. The SMILES string of the molecule is Cc1ccc(NC(=O)N2CCC[C@@H]2C(=O)NCc2csc(-c3cccs3)n2)cc1. The summed E-state index contributed by atoms with van der Waals surface area (Å²) in [6.45, 7) is 2.94. The van der Waals surface area contributed by atoms with Gasteiger partial charge in [-0.15, -0.1) is 22.7 Å². The lowest BCUT2D eigenvalue weighted by atomic mass is 10.2. The van der Waals surface area contributed by atoms with Crippen LogP contribution < -0.4 is 10.6 Å². The summed E-state index contributed by atoms with van der Waals surface area (Å²) in [5.74, 6) is -0.132. The van der Waals surface area contributed by atoms with Crippen LogP contribution in [0.3, 0.4) is 0 Å². The van der Waals surface area contributed by atoms with Crippen LogP contribution in [-0.4, -0.2) is 34.4 Å². The van der Waals surface area contributed by atoms with Crippen molar-refractivity contribution in [1.29, 1.82) is 0 Å². The third-order valence-electron chi connectivity index (χ3n) is 4.85. The highest BCUT2D eigenvalue weighted by atomic mass is 32.1. The Labute approximate surface area is 177 Å². The van der Waals surface area contributed by atoms with Crippen molar-refractivity contribution in [3.8, 4) is 9.88 Å². The molecule has 150 valence electrons. The van der Waals surface area contributed by atoms with Crippen LogP contribution in [-0.2, 0) is 11.3 Å². The van der Waals surface area contributed by atoms with Crippen molar-refractivity contribution < 1.29 is 9.59 Å². The number of thiazole rings is 1. The topological polar surface area (TPSA) is 74.3 Å². The monoisotopic (exact) mass is 426 g/mol. The molecule has 1 atom stereocenters. The van der Waals surface area contributed by atoms with Gasteiger partial charge in [-0.25, -0.2) is 9.78 Å². The van der Waals surface area contributed by atoms with Crippen molar-refractivity contribution >= 4 is 40.3 Å². The Morgan fingerprint density at radius 1 is 1.21 bits per heavy atom. The number of thiophene rings is 1. The number of hydrogen-bond donors (Lipinski definition) is 2. The van der Waals surface area contributed by atoms with Crippen LogP contribution in [0.1, 0.15) is 24.1 Å². The molecule has 0 aliphatic carbocycles. The van der Waals surface area contributed by atoms with Crippen molar-refractivity contribution in [1.82, 2.24) is 15.2 Å². The molecule has 1 aliphatic rings. The number of carbonyl (C=O) groups excluding carboxylic acids is 2. The molecule has 4 rings (SSSR count). The first-order valence-corrected chi connectivity index (χ1v) is 11.3. The predicted octanol–water partition coefficient (Wildman–Crippen LogP) is 4.49. The van der Waals surface area contributed by atoms with Gasteiger partial charge in [0.15, 0.2) is 0 Å². The second-order valence-corrected chi connectivity index (χ2v) is 8.79. The van der Waals surface area contributed by atoms with Gasteiger partial charge < -0.3 is 15.5 Å². The first-order chi connectivity index (χ1) is 14.1. The number of anilines is 1. The van der Waals surface area contributed by atoms with E-state index < -0.39 is 6.04 Å². The van der Waals surface area contributed by atoms with E-state index in [-0.39, 0.29) is 11.9 Å². The highest BCUT2D eigenvalue weighted by Crippen LogP contribution is 2.27. The van der Waals surface area contributed by atoms with Crippen LogP contribution in [0.25, 0.3) is 9.88 Å². The normalized spacial score (nSPS) is 16.0. The number of urea groups is 1. The summed E-state index contributed by atoms with van der Waals surface area (Å²) < 4.78 is 0. The molecule has 29 heavy (non-hydrogen) atoms. The molecular formula is C21H22N4O2S2. The Balaban J connectivity index is 1.34. The third kappa shape index (κ3) is 4.65. The lowest BCUT2D eigenvalue weighted by Crippen LogP contribution is -2.47. The number of amides is 3. The molecule has 3 heterocycles. The number of aromatic nitrogens is 1. The van der Waals surface area contributed by atoms with E-state index in [0.717, 1.165) is 33.3 Å². The van der Waals surface area contributed by atoms with Crippen molar-refractivity contribution in [2.45, 2.75) is 32.4 Å². The lowest BCUT2D eigenvalue weighted by molar-refractivity contribution is -0.124. The highest BCUT2D eigenvalue weighted by molar-refractivity contribution is 7.20. The first kappa shape index (κ1) is 19.6. The summed E-state index contributed by atoms with van der Waals surface area (Å²) in [7, 11) is 0. The van der Waals surface area contributed by atoms with Crippen LogP contribution in [0, 0.1) is 6.92 Å². The van der Waals surface area contributed by atoms with E-state index in [0.29, 0.717) is 19.5 Å². The minimum absolute atomic E-state index is 0.132. The zero-order chi connectivity index (χ0) is 20.2. The molecular weight excluding hydrogens is 404 g/mol. The van der Waals surface area contributed by atoms with E-state index in [1.807, 2.05) is 54.1 Å². The smallest absolute Gasteiger partial charge is 0.322 e. The Hall–Kier alpha value is -2.71. The first-order valence-electron chi connectivity index (χ1n) is 9.50. The van der Waals surface area contributed by atoms with Crippen LogP contribution >= 0.6 is 22.7 Å². The summed E-state index contributed by atoms with van der Waals surface area (Å²) in [4.78, 5) is 32.7. The van der Waals surface area contributed by atoms with E-state index in [4.69, 9.17) is 0 Å². The van der Waals surface area contributed by atoms with Gasteiger partial charge in [-0.1, -0.05) is 23.8 Å². The molecule has 1 aliphatic heterocycles. The molecule has 1 fully saturated rings. The number of aryl methyl sites for hydroxylation is 1. The molecule has 0 radical (unpaired) electrons. The fourth-order valence-corrected chi connectivity index (χ4v) is 4.95. The number of hydrogen-bond acceptors (Lipinski definition) is 5. The fraction of sp³-hybridized carbons (Fsp3) is 0.286. The fourth-order valence-electron chi connectivity index (χ4n) is 3.31. The number of nitrogens with zero attached hydrogens (tertiary/aromatic N) is 2. The summed E-state index contributed by atoms with van der Waals surface area (Å²) in [6, 6.07) is 11.0. The average Bonchev–Trinajstić information content (AvgIpc) is 3.48. The van der Waals surface area contributed by atoms with Crippen molar-refractivity contribution in [2.75, 3.05) is 11.9 Å². The summed E-state index contributed by atoms with van der Waals surface area (Å²) in [6.07, 6.45) is 1.49. The van der Waals surface area contributed by atoms with Gasteiger partial charge in [0.2, 0.25) is 5.91 Å². The summed E-state index contributed by atoms with van der Waals surface area (Å²) in [5.41, 5.74) is 2.70. The Morgan fingerprint density at radius 3 is 2.79 bits per heavy atom. The molecule has 3 amide bonds. The van der Waals surface area contributed by atoms with Gasteiger partial charge in [0.1, 0.15) is 11.0 Å². The number of likely N-dealkylation sites (tertiary alicyclic amines) is 1. The van der Waals surface area contributed by atoms with Gasteiger partial charge in [0, 0.05) is 17.6 Å². The van der Waals surface area contributed by atoms with Gasteiger partial charge >= 0.3 is 6.03 Å². The molecule has 6 nitrogen and oxygen atoms in total. The standard InChI is InChI=1S/C21H22N4O2S2/c1-14-6-8-15(9-7-14)24-21(27)25-10-2-4-17(25)19(26)22-12-16-13-29-20(23-16)18-5-3-11-28-18/h3,5-9,11,13,17H,2,4,10,12H2,1H3,(H,22,26)(H,24,27)/t17-/m1/s1. The maximum Gasteiger partial charge on any atom is 0.322 e. The average molecular weight is 427 g/mol. The van der Waals surface area contributed by atoms with Gasteiger partial charge in [-0.2, -0.15) is 0 Å². The van der Waals surface area contributed by atoms with Gasteiger partial charge in [-0.05, 0) is 43.3 Å². The van der Waals surface area contributed by atoms with E-state index in [1.54, 1.807) is 27.6 Å². The molecule has 0 saturated carbocycles. The maximum atomic E-state index is 12.7. The molecule has 2 N–H and O–H groups in total. The highest BCUT2D eigenvalue weighted by Gasteiger charge is 2.34. The maximum absolute atomic E-state index is 12.7. The number of benzene rings is 1. The Morgan fingerprint density at radius 2 is 2.03 bits per heavy atom. The van der Waals surface area contributed by atoms with Crippen molar-refractivity contribution in [2.24, 2.45) is 0 Å². The zero-order valence-corrected chi connectivity index (χ0v) is 17.7. The molecule has 0 unspecified atom stereocenters. The van der Waals surface area contributed by atoms with E-state index >= 15 is 0 Å². The second-order valence-electron chi connectivity index (χ2n) is 6.99. The second kappa shape index (κ2) is 8.75. The quantitative estimate of drug-likeness (QED) is 0.631. The van der Waals surface area contributed by atoms with Crippen LogP contribution in [0.15, 0.2) is 47.2 Å².